The van der Waals surface area contributed by atoms with Crippen LogP contribution in [0, 0.1) is 0 Å². The topological polar surface area (TPSA) is 63.9 Å². The molecule has 4 atom stereocenters. The molecule has 3 N–H and O–H groups in total. The Balaban J connectivity index is 2.11. The molecule has 4 nitrogen and oxygen atoms in total. The first-order chi connectivity index (χ1) is 5.70. The molecule has 70 valence electrons. The van der Waals surface area contributed by atoms with Gasteiger partial charge in [-0.3, -0.25) is 4.90 Å². The monoisotopic (exact) mass is 173 g/mol. The summed E-state index contributed by atoms with van der Waals surface area (Å²) in [5.74, 6) is 0. The second-order valence-corrected chi connectivity index (χ2v) is 3.73. The average molecular weight is 173 g/mol. The van der Waals surface area contributed by atoms with Crippen molar-refractivity contribution in [2.45, 2.75) is 37.2 Å². The summed E-state index contributed by atoms with van der Waals surface area (Å²) in [4.78, 5) is 2.06. The van der Waals surface area contributed by atoms with Crippen LogP contribution in [0.1, 0.15) is 12.8 Å². The maximum absolute atomic E-state index is 9.57. The van der Waals surface area contributed by atoms with E-state index in [9.17, 15) is 15.3 Å². The maximum Gasteiger partial charge on any atom is 0.0979 e. The van der Waals surface area contributed by atoms with E-state index in [-0.39, 0.29) is 6.04 Å². The van der Waals surface area contributed by atoms with E-state index in [1.807, 2.05) is 0 Å². The molecule has 2 aliphatic heterocycles. The van der Waals surface area contributed by atoms with Gasteiger partial charge in [0.2, 0.25) is 0 Å². The van der Waals surface area contributed by atoms with E-state index in [0.29, 0.717) is 12.8 Å². The van der Waals surface area contributed by atoms with Gasteiger partial charge in [-0.05, 0) is 12.8 Å². The van der Waals surface area contributed by atoms with E-state index in [1.54, 1.807) is 0 Å². The molecule has 0 unspecified atom stereocenters. The normalized spacial score (nSPS) is 49.2. The molecule has 0 aromatic rings. The van der Waals surface area contributed by atoms with E-state index in [4.69, 9.17) is 0 Å². The first-order valence-corrected chi connectivity index (χ1v) is 4.48. The van der Waals surface area contributed by atoms with Gasteiger partial charge < -0.3 is 15.3 Å². The summed E-state index contributed by atoms with van der Waals surface area (Å²) in [6.07, 6.45) is -0.552. The molecular weight excluding hydrogens is 158 g/mol. The van der Waals surface area contributed by atoms with Crippen molar-refractivity contribution in [2.75, 3.05) is 13.1 Å². The molecule has 0 saturated carbocycles. The number of fused-ring (bicyclic) bond motifs is 1. The van der Waals surface area contributed by atoms with Gasteiger partial charge in [-0.25, -0.2) is 0 Å². The van der Waals surface area contributed by atoms with Crippen LogP contribution in [0.3, 0.4) is 0 Å². The summed E-state index contributed by atoms with van der Waals surface area (Å²) in [5, 5.41) is 28.4. The quantitative estimate of drug-likeness (QED) is 0.419. The van der Waals surface area contributed by atoms with Crippen LogP contribution in [0.15, 0.2) is 0 Å². The minimum absolute atomic E-state index is 0.228. The fraction of sp³-hybridized carbons (Fsp3) is 1.00. The lowest BCUT2D eigenvalue weighted by Crippen LogP contribution is -2.55. The van der Waals surface area contributed by atoms with Gasteiger partial charge in [-0.1, -0.05) is 0 Å². The predicted molar refractivity (Wildman–Crippen MR) is 42.6 cm³/mol. The number of nitrogens with zero attached hydrogens (tertiary/aromatic N) is 1. The zero-order valence-corrected chi connectivity index (χ0v) is 6.93. The van der Waals surface area contributed by atoms with Crippen molar-refractivity contribution in [3.8, 4) is 0 Å². The molecule has 0 radical (unpaired) electrons. The van der Waals surface area contributed by atoms with Crippen LogP contribution in [0.25, 0.3) is 0 Å². The Morgan fingerprint density at radius 1 is 0.917 bits per heavy atom. The van der Waals surface area contributed by atoms with Gasteiger partial charge in [0, 0.05) is 13.1 Å². The standard InChI is InChI=1S/C8H15NO3/c10-5-1-3-9-4-2-6(11)8(12)7(5)9/h5-8,10-12H,1-4H2/t5-,6-,7+,8-/m0/s1. The molecule has 2 aliphatic rings. The first kappa shape index (κ1) is 8.44. The summed E-state index contributed by atoms with van der Waals surface area (Å²) in [5.41, 5.74) is 0. The molecule has 0 aromatic carbocycles. The van der Waals surface area contributed by atoms with E-state index in [2.05, 4.69) is 4.90 Å². The summed E-state index contributed by atoms with van der Waals surface area (Å²) >= 11 is 0. The smallest absolute Gasteiger partial charge is 0.0979 e. The van der Waals surface area contributed by atoms with Crippen LogP contribution in [0.4, 0.5) is 0 Å². The van der Waals surface area contributed by atoms with Gasteiger partial charge >= 0.3 is 0 Å². The molecular formula is C8H15NO3. The van der Waals surface area contributed by atoms with E-state index in [0.717, 1.165) is 13.1 Å². The van der Waals surface area contributed by atoms with Gasteiger partial charge in [0.25, 0.3) is 0 Å². The molecule has 0 spiro atoms. The largest absolute Gasteiger partial charge is 0.391 e. The zero-order chi connectivity index (χ0) is 8.72. The number of aliphatic hydroxyl groups excluding tert-OH is 3. The summed E-state index contributed by atoms with van der Waals surface area (Å²) in [6, 6.07) is -0.228. The third-order valence-electron chi connectivity index (χ3n) is 2.98. The molecule has 0 bridgehead atoms. The highest BCUT2D eigenvalue weighted by Crippen LogP contribution is 2.27. The van der Waals surface area contributed by atoms with Crippen LogP contribution in [-0.4, -0.2) is 57.7 Å². The number of aliphatic hydroxyl groups is 3. The van der Waals surface area contributed by atoms with Crippen LogP contribution < -0.4 is 0 Å². The molecule has 0 aliphatic carbocycles. The van der Waals surface area contributed by atoms with Crippen molar-refractivity contribution in [2.24, 2.45) is 0 Å². The fourth-order valence-corrected chi connectivity index (χ4v) is 2.26. The Morgan fingerprint density at radius 3 is 2.17 bits per heavy atom. The van der Waals surface area contributed by atoms with Crippen LogP contribution >= 0.6 is 0 Å². The highest BCUT2D eigenvalue weighted by atomic mass is 16.3. The fourth-order valence-electron chi connectivity index (χ4n) is 2.26. The summed E-state index contributed by atoms with van der Waals surface area (Å²) in [7, 11) is 0. The second-order valence-electron chi connectivity index (χ2n) is 3.73. The Hall–Kier alpha value is -0.160. The molecule has 2 saturated heterocycles. The van der Waals surface area contributed by atoms with Crippen molar-refractivity contribution in [1.82, 2.24) is 4.90 Å². The molecule has 2 rings (SSSR count). The SMILES string of the molecule is O[C@@H]1[C@H]2[C@@H](O)CCN2CC[C@@H]1O. The lowest BCUT2D eigenvalue weighted by molar-refractivity contribution is -0.0861. The van der Waals surface area contributed by atoms with Crippen molar-refractivity contribution >= 4 is 0 Å². The lowest BCUT2D eigenvalue weighted by atomic mass is 9.95. The zero-order valence-electron chi connectivity index (χ0n) is 6.93. The highest BCUT2D eigenvalue weighted by molar-refractivity contribution is 4.98. The number of piperidine rings is 1. The minimum Gasteiger partial charge on any atom is -0.391 e. The predicted octanol–water partition coefficient (Wildman–Crippen LogP) is -1.45. The van der Waals surface area contributed by atoms with Crippen molar-refractivity contribution < 1.29 is 15.3 Å². The Labute approximate surface area is 71.4 Å². The molecule has 4 heteroatoms. The van der Waals surface area contributed by atoms with E-state index in [1.165, 1.54) is 0 Å². The molecule has 12 heavy (non-hydrogen) atoms. The average Bonchev–Trinajstić information content (AvgIpc) is 2.41. The second kappa shape index (κ2) is 2.96. The molecule has 0 amide bonds. The van der Waals surface area contributed by atoms with Gasteiger partial charge in [0.15, 0.2) is 0 Å². The van der Waals surface area contributed by atoms with Crippen molar-refractivity contribution in [1.29, 1.82) is 0 Å². The van der Waals surface area contributed by atoms with Gasteiger partial charge in [-0.2, -0.15) is 0 Å². The van der Waals surface area contributed by atoms with E-state index < -0.39 is 18.3 Å². The van der Waals surface area contributed by atoms with Crippen molar-refractivity contribution in [3.05, 3.63) is 0 Å². The summed E-state index contributed by atoms with van der Waals surface area (Å²) in [6.45, 7) is 1.63. The minimum atomic E-state index is -0.767. The maximum atomic E-state index is 9.57. The number of hydrogen-bond donors (Lipinski definition) is 3. The Bertz CT molecular complexity index is 176. The van der Waals surface area contributed by atoms with Gasteiger partial charge in [0.05, 0.1) is 24.4 Å². The lowest BCUT2D eigenvalue weighted by Gasteiger charge is -2.37. The molecule has 2 heterocycles. The third-order valence-corrected chi connectivity index (χ3v) is 2.98. The van der Waals surface area contributed by atoms with Crippen LogP contribution in [0.2, 0.25) is 0 Å². The number of hydrogen-bond acceptors (Lipinski definition) is 4. The highest BCUT2D eigenvalue weighted by Gasteiger charge is 2.43. The third kappa shape index (κ3) is 1.15. The Kier molecular flexibility index (Phi) is 2.08. The first-order valence-electron chi connectivity index (χ1n) is 4.48. The van der Waals surface area contributed by atoms with Crippen LogP contribution in [-0.2, 0) is 0 Å². The molecule has 2 fully saturated rings. The van der Waals surface area contributed by atoms with Crippen molar-refractivity contribution in [3.63, 3.8) is 0 Å². The summed E-state index contributed by atoms with van der Waals surface area (Å²) < 4.78 is 0. The molecule has 0 aromatic heterocycles. The van der Waals surface area contributed by atoms with Gasteiger partial charge in [0.1, 0.15) is 0 Å². The van der Waals surface area contributed by atoms with E-state index >= 15 is 0 Å². The number of rotatable bonds is 0. The van der Waals surface area contributed by atoms with Crippen LogP contribution in [0.5, 0.6) is 0 Å². The Morgan fingerprint density at radius 2 is 1.50 bits per heavy atom. The van der Waals surface area contributed by atoms with Gasteiger partial charge in [-0.15, -0.1) is 0 Å².